The Balaban J connectivity index is 3.19. The summed E-state index contributed by atoms with van der Waals surface area (Å²) in [6, 6.07) is 0. The van der Waals surface area contributed by atoms with Crippen molar-refractivity contribution in [3.8, 4) is 0 Å². The maximum atomic E-state index is 3.93. The SMILES string of the molecule is Cc1c(I)n[nH]c1Br. The van der Waals surface area contributed by atoms with Crippen LogP contribution in [-0.2, 0) is 0 Å². The molecule has 1 aromatic rings. The lowest BCUT2D eigenvalue weighted by Gasteiger charge is -1.80. The van der Waals surface area contributed by atoms with E-state index in [1.807, 2.05) is 6.92 Å². The topological polar surface area (TPSA) is 28.7 Å². The first kappa shape index (κ1) is 6.54. The molecule has 0 fully saturated rings. The van der Waals surface area contributed by atoms with Crippen LogP contribution in [0.25, 0.3) is 0 Å². The molecule has 0 amide bonds. The summed E-state index contributed by atoms with van der Waals surface area (Å²) in [6.07, 6.45) is 0. The van der Waals surface area contributed by atoms with Crippen LogP contribution in [0.1, 0.15) is 5.56 Å². The van der Waals surface area contributed by atoms with Crippen molar-refractivity contribution in [2.45, 2.75) is 6.92 Å². The van der Waals surface area contributed by atoms with Crippen LogP contribution in [0.4, 0.5) is 0 Å². The zero-order valence-corrected chi connectivity index (χ0v) is 7.95. The van der Waals surface area contributed by atoms with Crippen LogP contribution < -0.4 is 0 Å². The van der Waals surface area contributed by atoms with Crippen LogP contribution in [0, 0.1) is 10.6 Å². The Morgan fingerprint density at radius 1 is 1.75 bits per heavy atom. The lowest BCUT2D eigenvalue weighted by atomic mass is 10.4. The molecule has 0 radical (unpaired) electrons. The van der Waals surface area contributed by atoms with Gasteiger partial charge in [-0.1, -0.05) is 0 Å². The highest BCUT2D eigenvalue weighted by molar-refractivity contribution is 14.1. The standard InChI is InChI=1S/C4H4BrIN2/c1-2-3(5)7-8-4(2)6/h1H3,(H,7,8). The van der Waals surface area contributed by atoms with Crippen molar-refractivity contribution in [3.05, 3.63) is 13.9 Å². The third-order valence-corrected chi connectivity index (χ3v) is 2.71. The van der Waals surface area contributed by atoms with Crippen LogP contribution in [0.5, 0.6) is 0 Å². The monoisotopic (exact) mass is 286 g/mol. The molecule has 0 atom stereocenters. The fourth-order valence-electron chi connectivity index (χ4n) is 0.356. The van der Waals surface area contributed by atoms with E-state index in [1.165, 1.54) is 5.56 Å². The summed E-state index contributed by atoms with van der Waals surface area (Å²) >= 11 is 5.47. The number of H-pyrrole nitrogens is 1. The van der Waals surface area contributed by atoms with Gasteiger partial charge < -0.3 is 0 Å². The van der Waals surface area contributed by atoms with E-state index in [1.54, 1.807) is 0 Å². The summed E-state index contributed by atoms with van der Waals surface area (Å²) in [5.74, 6) is 0. The second-order valence-corrected chi connectivity index (χ2v) is 3.27. The highest BCUT2D eigenvalue weighted by atomic mass is 127. The number of aromatic amines is 1. The minimum atomic E-state index is 0.974. The molecule has 1 rings (SSSR count). The summed E-state index contributed by atoms with van der Waals surface area (Å²) in [4.78, 5) is 0. The van der Waals surface area contributed by atoms with E-state index in [0.29, 0.717) is 0 Å². The van der Waals surface area contributed by atoms with Gasteiger partial charge in [-0.3, -0.25) is 5.10 Å². The lowest BCUT2D eigenvalue weighted by Crippen LogP contribution is -1.69. The van der Waals surface area contributed by atoms with Gasteiger partial charge in [0.25, 0.3) is 0 Å². The molecule has 0 unspecified atom stereocenters. The molecule has 0 saturated carbocycles. The number of aromatic nitrogens is 2. The number of hydrogen-bond acceptors (Lipinski definition) is 1. The first-order valence-electron chi connectivity index (χ1n) is 2.08. The maximum absolute atomic E-state index is 3.93. The van der Waals surface area contributed by atoms with Gasteiger partial charge in [0.2, 0.25) is 0 Å². The van der Waals surface area contributed by atoms with Crippen LogP contribution in [-0.4, -0.2) is 10.2 Å². The van der Waals surface area contributed by atoms with Crippen LogP contribution in [0.2, 0.25) is 0 Å². The predicted molar refractivity (Wildman–Crippen MR) is 43.7 cm³/mol. The molecule has 0 aliphatic heterocycles. The zero-order valence-electron chi connectivity index (χ0n) is 4.20. The van der Waals surface area contributed by atoms with Crippen LogP contribution in [0.3, 0.4) is 0 Å². The lowest BCUT2D eigenvalue weighted by molar-refractivity contribution is 1.05. The van der Waals surface area contributed by atoms with E-state index in [2.05, 4.69) is 48.7 Å². The van der Waals surface area contributed by atoms with Gasteiger partial charge in [0.15, 0.2) is 0 Å². The summed E-state index contributed by atoms with van der Waals surface area (Å²) in [6.45, 7) is 2.01. The molecule has 0 aliphatic carbocycles. The molecule has 4 heteroatoms. The Kier molecular flexibility index (Phi) is 1.92. The summed E-state index contributed by atoms with van der Waals surface area (Å²) in [7, 11) is 0. The quantitative estimate of drug-likeness (QED) is 0.727. The van der Waals surface area contributed by atoms with Crippen molar-refractivity contribution >= 4 is 38.5 Å². The Bertz CT molecular complexity index is 176. The number of halogens is 2. The van der Waals surface area contributed by atoms with Crippen molar-refractivity contribution in [1.82, 2.24) is 10.2 Å². The first-order chi connectivity index (χ1) is 3.72. The van der Waals surface area contributed by atoms with E-state index in [0.717, 1.165) is 8.30 Å². The largest absolute Gasteiger partial charge is 0.270 e. The Labute approximate surface area is 69.3 Å². The van der Waals surface area contributed by atoms with Gasteiger partial charge in [-0.15, -0.1) is 0 Å². The summed E-state index contributed by atoms with van der Waals surface area (Å²) < 4.78 is 2.00. The zero-order chi connectivity index (χ0) is 6.15. The van der Waals surface area contributed by atoms with E-state index in [9.17, 15) is 0 Å². The number of rotatable bonds is 0. The Morgan fingerprint density at radius 3 is 2.50 bits per heavy atom. The molecule has 8 heavy (non-hydrogen) atoms. The molecule has 1 N–H and O–H groups in total. The number of nitrogens with zero attached hydrogens (tertiary/aromatic N) is 1. The second kappa shape index (κ2) is 2.34. The third-order valence-electron chi connectivity index (χ3n) is 0.891. The fraction of sp³-hybridized carbons (Fsp3) is 0.250. The maximum Gasteiger partial charge on any atom is 0.127 e. The molecule has 1 aromatic heterocycles. The molecule has 0 saturated heterocycles. The van der Waals surface area contributed by atoms with E-state index >= 15 is 0 Å². The van der Waals surface area contributed by atoms with E-state index in [-0.39, 0.29) is 0 Å². The van der Waals surface area contributed by atoms with Crippen molar-refractivity contribution in [3.63, 3.8) is 0 Å². The predicted octanol–water partition coefficient (Wildman–Crippen LogP) is 2.09. The van der Waals surface area contributed by atoms with Gasteiger partial charge in [-0.25, -0.2) is 0 Å². The van der Waals surface area contributed by atoms with Crippen molar-refractivity contribution in [2.24, 2.45) is 0 Å². The molecular formula is C4H4BrIN2. The van der Waals surface area contributed by atoms with Gasteiger partial charge in [0.05, 0.1) is 0 Å². The van der Waals surface area contributed by atoms with Gasteiger partial charge >= 0.3 is 0 Å². The van der Waals surface area contributed by atoms with Gasteiger partial charge in [-0.2, -0.15) is 5.10 Å². The first-order valence-corrected chi connectivity index (χ1v) is 3.95. The number of nitrogens with one attached hydrogen (secondary N) is 1. The average molecular weight is 287 g/mol. The minimum Gasteiger partial charge on any atom is -0.270 e. The van der Waals surface area contributed by atoms with E-state index in [4.69, 9.17) is 0 Å². The van der Waals surface area contributed by atoms with Crippen LogP contribution in [0.15, 0.2) is 4.60 Å². The van der Waals surface area contributed by atoms with Crippen LogP contribution >= 0.6 is 38.5 Å². The van der Waals surface area contributed by atoms with E-state index < -0.39 is 0 Å². The molecule has 0 aromatic carbocycles. The Hall–Kier alpha value is 0.420. The Morgan fingerprint density at radius 2 is 2.38 bits per heavy atom. The van der Waals surface area contributed by atoms with Crippen molar-refractivity contribution in [2.75, 3.05) is 0 Å². The minimum absolute atomic E-state index is 0.974. The summed E-state index contributed by atoms with van der Waals surface area (Å²) in [5, 5.41) is 6.73. The van der Waals surface area contributed by atoms with Gasteiger partial charge in [-0.05, 0) is 45.4 Å². The van der Waals surface area contributed by atoms with Gasteiger partial charge in [0, 0.05) is 5.56 Å². The highest BCUT2D eigenvalue weighted by Crippen LogP contribution is 2.16. The normalized spacial score (nSPS) is 9.88. The molecule has 1 heterocycles. The average Bonchev–Trinajstić information content (AvgIpc) is 1.98. The smallest absolute Gasteiger partial charge is 0.127 e. The summed E-state index contributed by atoms with van der Waals surface area (Å²) in [5.41, 5.74) is 1.17. The molecule has 0 spiro atoms. The third kappa shape index (κ3) is 1.05. The second-order valence-electron chi connectivity index (χ2n) is 1.45. The number of hydrogen-bond donors (Lipinski definition) is 1. The molecule has 0 bridgehead atoms. The molecular weight excluding hydrogens is 283 g/mol. The highest BCUT2D eigenvalue weighted by Gasteiger charge is 1.99. The van der Waals surface area contributed by atoms with Crippen molar-refractivity contribution in [1.29, 1.82) is 0 Å². The molecule has 44 valence electrons. The molecule has 2 nitrogen and oxygen atoms in total. The fourth-order valence-corrected chi connectivity index (χ4v) is 1.39. The van der Waals surface area contributed by atoms with Crippen molar-refractivity contribution < 1.29 is 0 Å². The molecule has 0 aliphatic rings. The van der Waals surface area contributed by atoms with Gasteiger partial charge in [0.1, 0.15) is 8.30 Å².